The summed E-state index contributed by atoms with van der Waals surface area (Å²) in [6.45, 7) is 6.47. The highest BCUT2D eigenvalue weighted by Gasteiger charge is 2.19. The fourth-order valence-corrected chi connectivity index (χ4v) is 7.96. The number of unbranched alkanes of at least 4 members (excludes halogenated alkanes) is 25. The first-order valence-electron chi connectivity index (χ1n) is 29.2. The third-order valence-corrected chi connectivity index (χ3v) is 12.3. The monoisotopic (exact) mass is 973 g/mol. The number of ether oxygens (including phenoxy) is 3. The van der Waals surface area contributed by atoms with Crippen molar-refractivity contribution in [2.75, 3.05) is 13.2 Å². The van der Waals surface area contributed by atoms with E-state index >= 15 is 0 Å². The van der Waals surface area contributed by atoms with E-state index in [1.54, 1.807) is 0 Å². The lowest BCUT2D eigenvalue weighted by molar-refractivity contribution is -0.167. The van der Waals surface area contributed by atoms with Gasteiger partial charge in [0.2, 0.25) is 0 Å². The Bertz CT molecular complexity index is 1400. The van der Waals surface area contributed by atoms with E-state index in [0.717, 1.165) is 96.3 Å². The van der Waals surface area contributed by atoms with Crippen molar-refractivity contribution in [3.8, 4) is 0 Å². The molecule has 0 fully saturated rings. The van der Waals surface area contributed by atoms with E-state index in [1.807, 2.05) is 0 Å². The van der Waals surface area contributed by atoms with E-state index in [0.29, 0.717) is 19.3 Å². The van der Waals surface area contributed by atoms with Crippen molar-refractivity contribution in [1.82, 2.24) is 0 Å². The lowest BCUT2D eigenvalue weighted by Crippen LogP contribution is -2.30. The van der Waals surface area contributed by atoms with Gasteiger partial charge in [-0.05, 0) is 96.3 Å². The van der Waals surface area contributed by atoms with Gasteiger partial charge in [0.25, 0.3) is 0 Å². The molecule has 6 heteroatoms. The molecule has 6 nitrogen and oxygen atoms in total. The van der Waals surface area contributed by atoms with Crippen molar-refractivity contribution in [2.24, 2.45) is 0 Å². The largest absolute Gasteiger partial charge is 0.462 e. The van der Waals surface area contributed by atoms with Crippen LogP contribution in [0.15, 0.2) is 97.2 Å². The quantitative estimate of drug-likeness (QED) is 0.0262. The van der Waals surface area contributed by atoms with Gasteiger partial charge in [-0.1, -0.05) is 253 Å². The Kier molecular flexibility index (Phi) is 54.9. The molecule has 0 aliphatic rings. The zero-order chi connectivity index (χ0) is 50.7. The normalized spacial score (nSPS) is 12.8. The minimum absolute atomic E-state index is 0.0982. The summed E-state index contributed by atoms with van der Waals surface area (Å²) in [4.78, 5) is 38.1. The topological polar surface area (TPSA) is 78.9 Å². The van der Waals surface area contributed by atoms with Crippen LogP contribution in [-0.4, -0.2) is 37.2 Å². The van der Waals surface area contributed by atoms with Crippen molar-refractivity contribution in [3.05, 3.63) is 97.2 Å². The second-order valence-electron chi connectivity index (χ2n) is 19.2. The van der Waals surface area contributed by atoms with Gasteiger partial charge in [-0.25, -0.2) is 0 Å². The summed E-state index contributed by atoms with van der Waals surface area (Å²) in [6, 6.07) is 0. The van der Waals surface area contributed by atoms with Crippen LogP contribution in [0.25, 0.3) is 0 Å². The lowest BCUT2D eigenvalue weighted by atomic mass is 10.0. The molecule has 0 aromatic rings. The Labute approximate surface area is 432 Å². The van der Waals surface area contributed by atoms with Crippen LogP contribution in [0.2, 0.25) is 0 Å². The van der Waals surface area contributed by atoms with Gasteiger partial charge in [-0.3, -0.25) is 14.4 Å². The maximum Gasteiger partial charge on any atom is 0.306 e. The van der Waals surface area contributed by atoms with Crippen molar-refractivity contribution in [1.29, 1.82) is 0 Å². The predicted octanol–water partition coefficient (Wildman–Crippen LogP) is 19.7. The molecule has 0 radical (unpaired) electrons. The summed E-state index contributed by atoms with van der Waals surface area (Å²) >= 11 is 0. The van der Waals surface area contributed by atoms with E-state index in [1.165, 1.54) is 128 Å². The summed E-state index contributed by atoms with van der Waals surface area (Å²) < 4.78 is 16.8. The molecular weight excluding hydrogens is 865 g/mol. The number of allylic oxidation sites excluding steroid dienone is 16. The minimum atomic E-state index is -0.803. The highest BCUT2D eigenvalue weighted by atomic mass is 16.6. The molecule has 400 valence electrons. The standard InChI is InChI=1S/C64H108O6/c1-4-7-10-13-16-19-22-25-28-29-30-31-32-33-34-35-37-39-42-45-48-51-54-57-63(66)69-60-61(59-68-62(65)56-53-50-47-44-41-38-27-24-21-18-15-12-9-6-3)70-64(67)58-55-52-49-46-43-40-36-26-23-20-17-14-11-8-5-2/h7,10,16,19,24-25,27-28,30-31,33-34,37,39,45,48,61H,4-6,8-9,11-15,17-18,20-23,26,29,32,35-36,38,40-44,46-47,49-60H2,1-3H3/b10-7-,19-16-,27-24-,28-25-,31-30-,34-33-,39-37-,48-45-. The van der Waals surface area contributed by atoms with Crippen LogP contribution in [0, 0.1) is 0 Å². The molecule has 0 heterocycles. The Balaban J connectivity index is 4.47. The molecule has 0 aromatic carbocycles. The summed E-state index contributed by atoms with van der Waals surface area (Å²) in [6.07, 6.45) is 76.9. The van der Waals surface area contributed by atoms with Gasteiger partial charge < -0.3 is 14.2 Å². The van der Waals surface area contributed by atoms with E-state index in [2.05, 4.69) is 118 Å². The Morgan fingerprint density at radius 3 is 0.943 bits per heavy atom. The zero-order valence-corrected chi connectivity index (χ0v) is 45.8. The third-order valence-electron chi connectivity index (χ3n) is 12.3. The van der Waals surface area contributed by atoms with Crippen molar-refractivity contribution < 1.29 is 28.6 Å². The summed E-state index contributed by atoms with van der Waals surface area (Å²) in [5.74, 6) is -0.962. The first kappa shape index (κ1) is 66.3. The second-order valence-corrected chi connectivity index (χ2v) is 19.2. The van der Waals surface area contributed by atoms with Gasteiger partial charge in [-0.2, -0.15) is 0 Å². The number of rotatable bonds is 52. The Morgan fingerprint density at radius 2 is 0.571 bits per heavy atom. The molecule has 70 heavy (non-hydrogen) atoms. The molecule has 1 atom stereocenters. The van der Waals surface area contributed by atoms with Crippen LogP contribution in [0.3, 0.4) is 0 Å². The molecule has 0 bridgehead atoms. The first-order valence-corrected chi connectivity index (χ1v) is 29.2. The SMILES string of the molecule is CC/C=C\C/C=C\C/C=C\C/C=C\C/C=C\C/C=C\C/C=C\CCCC(=O)OCC(COC(=O)CCCCCCC/C=C\CCCCCCC)OC(=O)CCCCCCCCCCCCCCCCC. The molecule has 0 saturated heterocycles. The molecule has 0 rings (SSSR count). The molecule has 0 saturated carbocycles. The molecule has 0 amide bonds. The average molecular weight is 974 g/mol. The predicted molar refractivity (Wildman–Crippen MR) is 302 cm³/mol. The van der Waals surface area contributed by atoms with E-state index in [9.17, 15) is 14.4 Å². The van der Waals surface area contributed by atoms with Gasteiger partial charge >= 0.3 is 17.9 Å². The van der Waals surface area contributed by atoms with Crippen LogP contribution < -0.4 is 0 Å². The van der Waals surface area contributed by atoms with Crippen LogP contribution in [-0.2, 0) is 28.6 Å². The molecule has 0 aliphatic carbocycles. The van der Waals surface area contributed by atoms with Crippen molar-refractivity contribution >= 4 is 17.9 Å². The van der Waals surface area contributed by atoms with Gasteiger partial charge in [0.1, 0.15) is 13.2 Å². The number of esters is 3. The number of carbonyl (C=O) groups is 3. The number of hydrogen-bond acceptors (Lipinski definition) is 6. The van der Waals surface area contributed by atoms with E-state index in [4.69, 9.17) is 14.2 Å². The maximum absolute atomic E-state index is 12.9. The maximum atomic E-state index is 12.9. The van der Waals surface area contributed by atoms with Gasteiger partial charge in [0.05, 0.1) is 0 Å². The van der Waals surface area contributed by atoms with E-state index in [-0.39, 0.29) is 37.5 Å². The van der Waals surface area contributed by atoms with Crippen LogP contribution in [0.1, 0.15) is 271 Å². The molecule has 0 aliphatic heterocycles. The minimum Gasteiger partial charge on any atom is -0.462 e. The Morgan fingerprint density at radius 1 is 0.300 bits per heavy atom. The number of carbonyl (C=O) groups excluding carboxylic acids is 3. The van der Waals surface area contributed by atoms with E-state index < -0.39 is 6.10 Å². The molecular formula is C64H108O6. The van der Waals surface area contributed by atoms with Crippen LogP contribution >= 0.6 is 0 Å². The molecule has 0 N–H and O–H groups in total. The fraction of sp³-hybridized carbons (Fsp3) is 0.703. The van der Waals surface area contributed by atoms with Gasteiger partial charge in [0, 0.05) is 19.3 Å². The number of hydrogen-bond donors (Lipinski definition) is 0. The van der Waals surface area contributed by atoms with Crippen LogP contribution in [0.5, 0.6) is 0 Å². The first-order chi connectivity index (χ1) is 34.5. The molecule has 0 spiro atoms. The molecule has 0 aromatic heterocycles. The smallest absolute Gasteiger partial charge is 0.306 e. The Hall–Kier alpha value is -3.67. The van der Waals surface area contributed by atoms with Crippen molar-refractivity contribution in [3.63, 3.8) is 0 Å². The fourth-order valence-electron chi connectivity index (χ4n) is 7.96. The summed E-state index contributed by atoms with van der Waals surface area (Å²) in [5.41, 5.74) is 0. The summed E-state index contributed by atoms with van der Waals surface area (Å²) in [7, 11) is 0. The van der Waals surface area contributed by atoms with Crippen LogP contribution in [0.4, 0.5) is 0 Å². The second kappa shape index (κ2) is 57.9. The highest BCUT2D eigenvalue weighted by Crippen LogP contribution is 2.15. The zero-order valence-electron chi connectivity index (χ0n) is 45.8. The highest BCUT2D eigenvalue weighted by molar-refractivity contribution is 5.71. The summed E-state index contributed by atoms with van der Waals surface area (Å²) in [5, 5.41) is 0. The lowest BCUT2D eigenvalue weighted by Gasteiger charge is -2.18. The average Bonchev–Trinajstić information content (AvgIpc) is 3.36. The third kappa shape index (κ3) is 55.3. The van der Waals surface area contributed by atoms with Gasteiger partial charge in [-0.15, -0.1) is 0 Å². The van der Waals surface area contributed by atoms with Gasteiger partial charge in [0.15, 0.2) is 6.10 Å². The molecule has 1 unspecified atom stereocenters. The van der Waals surface area contributed by atoms with Crippen molar-refractivity contribution in [2.45, 2.75) is 277 Å².